The molecule has 158 valence electrons. The van der Waals surface area contributed by atoms with Crippen molar-refractivity contribution >= 4 is 44.9 Å². The zero-order chi connectivity index (χ0) is 22.1. The maximum atomic E-state index is 13.8. The summed E-state index contributed by atoms with van der Waals surface area (Å²) >= 11 is 2.50. The van der Waals surface area contributed by atoms with Crippen LogP contribution in [-0.4, -0.2) is 28.3 Å². The van der Waals surface area contributed by atoms with E-state index in [9.17, 15) is 14.0 Å². The Morgan fingerprint density at radius 3 is 2.74 bits per heavy atom. The van der Waals surface area contributed by atoms with Crippen molar-refractivity contribution in [2.45, 2.75) is 19.0 Å². The first kappa shape index (κ1) is 21.3. The van der Waals surface area contributed by atoms with Crippen molar-refractivity contribution < 1.29 is 9.18 Å². The predicted molar refractivity (Wildman–Crippen MR) is 125 cm³/mol. The highest BCUT2D eigenvalue weighted by Crippen LogP contribution is 2.25. The third-order valence-electron chi connectivity index (χ3n) is 4.94. The quantitative estimate of drug-likeness (QED) is 0.317. The number of amides is 1. The molecule has 1 amide bonds. The molecule has 0 aliphatic rings. The van der Waals surface area contributed by atoms with Crippen LogP contribution in [0.3, 0.4) is 0 Å². The van der Waals surface area contributed by atoms with Crippen LogP contribution in [0.5, 0.6) is 0 Å². The summed E-state index contributed by atoms with van der Waals surface area (Å²) in [5.41, 5.74) is 3.18. The maximum Gasteiger partial charge on any atom is 0.276 e. The Bertz CT molecular complexity index is 1350. The number of carbonyl (C=O) groups is 1. The SMILES string of the molecule is Cc1cccc(N(C)C(=O)CSc2nc3ccsc3c(=O)n2-c2ccc(F)c(C)c2)c1. The number of thiophene rings is 1. The summed E-state index contributed by atoms with van der Waals surface area (Å²) in [5, 5.41) is 2.21. The molecule has 0 unspecified atom stereocenters. The second kappa shape index (κ2) is 8.64. The van der Waals surface area contributed by atoms with Gasteiger partial charge < -0.3 is 4.90 Å². The van der Waals surface area contributed by atoms with E-state index in [1.807, 2.05) is 36.6 Å². The number of rotatable bonds is 5. The van der Waals surface area contributed by atoms with Gasteiger partial charge in [-0.3, -0.25) is 14.2 Å². The van der Waals surface area contributed by atoms with Gasteiger partial charge in [-0.1, -0.05) is 23.9 Å². The van der Waals surface area contributed by atoms with Crippen LogP contribution in [-0.2, 0) is 4.79 Å². The molecule has 2 aromatic carbocycles. The van der Waals surface area contributed by atoms with Crippen molar-refractivity contribution in [2.75, 3.05) is 17.7 Å². The monoisotopic (exact) mass is 453 g/mol. The summed E-state index contributed by atoms with van der Waals surface area (Å²) in [6, 6.07) is 14.0. The van der Waals surface area contributed by atoms with Gasteiger partial charge in [-0.05, 0) is 66.8 Å². The largest absolute Gasteiger partial charge is 0.315 e. The van der Waals surface area contributed by atoms with Crippen molar-refractivity contribution in [3.63, 3.8) is 0 Å². The number of hydrogen-bond donors (Lipinski definition) is 0. The van der Waals surface area contributed by atoms with Crippen molar-refractivity contribution in [2.24, 2.45) is 0 Å². The Kier molecular flexibility index (Phi) is 5.93. The minimum absolute atomic E-state index is 0.104. The van der Waals surface area contributed by atoms with Crippen molar-refractivity contribution in [3.8, 4) is 5.69 Å². The molecule has 0 N–H and O–H groups in total. The average Bonchev–Trinajstić information content (AvgIpc) is 3.22. The third kappa shape index (κ3) is 4.26. The highest BCUT2D eigenvalue weighted by atomic mass is 32.2. The second-order valence-corrected chi connectivity index (χ2v) is 9.04. The molecule has 2 aromatic heterocycles. The molecule has 0 bridgehead atoms. The smallest absolute Gasteiger partial charge is 0.276 e. The number of carbonyl (C=O) groups excluding carboxylic acids is 1. The molecule has 0 atom stereocenters. The zero-order valence-corrected chi connectivity index (χ0v) is 18.9. The summed E-state index contributed by atoms with van der Waals surface area (Å²) in [7, 11) is 1.73. The molecule has 0 spiro atoms. The third-order valence-corrected chi connectivity index (χ3v) is 6.75. The van der Waals surface area contributed by atoms with Gasteiger partial charge in [0, 0.05) is 12.7 Å². The molecule has 5 nitrogen and oxygen atoms in total. The van der Waals surface area contributed by atoms with Gasteiger partial charge in [0.1, 0.15) is 10.5 Å². The lowest BCUT2D eigenvalue weighted by Crippen LogP contribution is -2.28. The fraction of sp³-hybridized carbons (Fsp3) is 0.174. The van der Waals surface area contributed by atoms with E-state index in [0.717, 1.165) is 11.3 Å². The average molecular weight is 454 g/mol. The standard InChI is InChI=1S/C23H20FN3O2S2/c1-14-5-4-6-16(11-14)26(3)20(28)13-31-23-25-19-9-10-30-21(19)22(29)27(23)17-7-8-18(24)15(2)12-17/h4-12H,13H2,1-3H3. The number of aryl methyl sites for hydroxylation is 2. The second-order valence-electron chi connectivity index (χ2n) is 7.18. The van der Waals surface area contributed by atoms with Gasteiger partial charge in [-0.2, -0.15) is 0 Å². The van der Waals surface area contributed by atoms with Crippen molar-refractivity contribution in [3.05, 3.63) is 81.2 Å². The Balaban J connectivity index is 1.69. The number of nitrogens with zero attached hydrogens (tertiary/aromatic N) is 3. The van der Waals surface area contributed by atoms with Gasteiger partial charge in [0.15, 0.2) is 5.16 Å². The molecule has 0 aliphatic carbocycles. The Morgan fingerprint density at radius 1 is 1.19 bits per heavy atom. The number of anilines is 1. The normalized spacial score (nSPS) is 11.1. The number of benzene rings is 2. The van der Waals surface area contributed by atoms with E-state index in [2.05, 4.69) is 4.98 Å². The number of aromatic nitrogens is 2. The summed E-state index contributed by atoms with van der Waals surface area (Å²) < 4.78 is 15.8. The molecular weight excluding hydrogens is 433 g/mol. The first-order valence-corrected chi connectivity index (χ1v) is 11.4. The molecule has 4 rings (SSSR count). The van der Waals surface area contributed by atoms with Crippen LogP contribution in [0.2, 0.25) is 0 Å². The first-order valence-electron chi connectivity index (χ1n) is 9.58. The molecule has 0 aliphatic heterocycles. The van der Waals surface area contributed by atoms with Crippen LogP contribution in [0.1, 0.15) is 11.1 Å². The lowest BCUT2D eigenvalue weighted by Gasteiger charge is -2.18. The summed E-state index contributed by atoms with van der Waals surface area (Å²) in [6.45, 7) is 3.62. The summed E-state index contributed by atoms with van der Waals surface area (Å²) in [6.07, 6.45) is 0. The van der Waals surface area contributed by atoms with E-state index >= 15 is 0 Å². The molecule has 2 heterocycles. The summed E-state index contributed by atoms with van der Waals surface area (Å²) in [4.78, 5) is 32.2. The minimum Gasteiger partial charge on any atom is -0.315 e. The molecule has 31 heavy (non-hydrogen) atoms. The van der Waals surface area contributed by atoms with E-state index in [1.54, 1.807) is 37.1 Å². The molecular formula is C23H20FN3O2S2. The van der Waals surface area contributed by atoms with Crippen LogP contribution in [0, 0.1) is 19.7 Å². The number of thioether (sulfide) groups is 1. The Hall–Kier alpha value is -2.97. The highest BCUT2D eigenvalue weighted by molar-refractivity contribution is 7.99. The maximum absolute atomic E-state index is 13.8. The minimum atomic E-state index is -0.342. The van der Waals surface area contributed by atoms with Crippen LogP contribution in [0.25, 0.3) is 15.9 Å². The van der Waals surface area contributed by atoms with Crippen LogP contribution in [0.4, 0.5) is 10.1 Å². The lowest BCUT2D eigenvalue weighted by molar-refractivity contribution is -0.115. The zero-order valence-electron chi connectivity index (χ0n) is 17.3. The van der Waals surface area contributed by atoms with Gasteiger partial charge in [0.2, 0.25) is 5.91 Å². The van der Waals surface area contributed by atoms with E-state index < -0.39 is 0 Å². The number of hydrogen-bond acceptors (Lipinski definition) is 5. The van der Waals surface area contributed by atoms with E-state index in [4.69, 9.17) is 0 Å². The van der Waals surface area contributed by atoms with Gasteiger partial charge in [0.05, 0.1) is 17.0 Å². The molecule has 8 heteroatoms. The van der Waals surface area contributed by atoms with Gasteiger partial charge in [-0.15, -0.1) is 11.3 Å². The molecule has 0 fully saturated rings. The van der Waals surface area contributed by atoms with Gasteiger partial charge in [0.25, 0.3) is 5.56 Å². The molecule has 0 saturated heterocycles. The Labute approximate surface area is 187 Å². The van der Waals surface area contributed by atoms with Gasteiger partial charge >= 0.3 is 0 Å². The topological polar surface area (TPSA) is 55.2 Å². The van der Waals surface area contributed by atoms with Crippen LogP contribution < -0.4 is 10.5 Å². The van der Waals surface area contributed by atoms with Crippen molar-refractivity contribution in [1.82, 2.24) is 9.55 Å². The summed E-state index contributed by atoms with van der Waals surface area (Å²) in [5.74, 6) is -0.351. The van der Waals surface area contributed by atoms with E-state index in [0.29, 0.717) is 26.6 Å². The fourth-order valence-electron chi connectivity index (χ4n) is 3.19. The van der Waals surface area contributed by atoms with E-state index in [-0.39, 0.29) is 23.0 Å². The number of halogens is 1. The highest BCUT2D eigenvalue weighted by Gasteiger charge is 2.18. The first-order chi connectivity index (χ1) is 14.8. The molecule has 0 radical (unpaired) electrons. The lowest BCUT2D eigenvalue weighted by atomic mass is 10.2. The molecule has 0 saturated carbocycles. The van der Waals surface area contributed by atoms with E-state index in [1.165, 1.54) is 33.7 Å². The number of fused-ring (bicyclic) bond motifs is 1. The predicted octanol–water partition coefficient (Wildman–Crippen LogP) is 4.96. The van der Waals surface area contributed by atoms with Crippen LogP contribution >= 0.6 is 23.1 Å². The van der Waals surface area contributed by atoms with Crippen molar-refractivity contribution in [1.29, 1.82) is 0 Å². The molecule has 4 aromatic rings. The van der Waals surface area contributed by atoms with Gasteiger partial charge in [-0.25, -0.2) is 9.37 Å². The van der Waals surface area contributed by atoms with Crippen LogP contribution in [0.15, 0.2) is 63.9 Å². The fourth-order valence-corrected chi connectivity index (χ4v) is 4.87. The Morgan fingerprint density at radius 2 is 2.00 bits per heavy atom.